The molecule has 33 heavy (non-hydrogen) atoms. The number of aromatic nitrogens is 6. The molecule has 0 aliphatic heterocycles. The molecule has 170 valence electrons. The highest BCUT2D eigenvalue weighted by molar-refractivity contribution is 6.29. The van der Waals surface area contributed by atoms with Crippen LogP contribution in [0.5, 0.6) is 5.88 Å². The van der Waals surface area contributed by atoms with E-state index in [9.17, 15) is 9.90 Å². The normalized spacial score (nSPS) is 16.7. The number of aliphatic hydroxyl groups is 1. The third kappa shape index (κ3) is 3.51. The molecule has 0 radical (unpaired) electrons. The van der Waals surface area contributed by atoms with Gasteiger partial charge in [-0.05, 0) is 18.6 Å². The number of nitrogens with zero attached hydrogens (tertiary/aromatic N) is 6. The first kappa shape index (κ1) is 21.4. The number of halogens is 1. The van der Waals surface area contributed by atoms with Gasteiger partial charge in [-0.15, -0.1) is 0 Å². The van der Waals surface area contributed by atoms with Crippen molar-refractivity contribution in [1.82, 2.24) is 29.4 Å². The number of nitrogens with one attached hydrogen (secondary N) is 1. The number of anilines is 1. The zero-order chi connectivity index (χ0) is 23.3. The predicted octanol–water partition coefficient (Wildman–Crippen LogP) is 2.87. The second-order valence-corrected chi connectivity index (χ2v) is 8.95. The highest BCUT2D eigenvalue weighted by Crippen LogP contribution is 2.46. The van der Waals surface area contributed by atoms with Crippen molar-refractivity contribution in [3.63, 3.8) is 0 Å². The molecule has 1 amide bonds. The van der Waals surface area contributed by atoms with Gasteiger partial charge in [0.05, 0.1) is 25.3 Å². The first-order valence-electron chi connectivity index (χ1n) is 10.4. The van der Waals surface area contributed by atoms with Crippen molar-refractivity contribution in [3.8, 4) is 11.6 Å². The van der Waals surface area contributed by atoms with Crippen LogP contribution in [-0.2, 0) is 16.8 Å². The summed E-state index contributed by atoms with van der Waals surface area (Å²) in [4.78, 5) is 22.2. The minimum Gasteiger partial charge on any atom is -0.479 e. The van der Waals surface area contributed by atoms with Gasteiger partial charge in [-0.25, -0.2) is 14.2 Å². The molecule has 4 aromatic rings. The van der Waals surface area contributed by atoms with Crippen molar-refractivity contribution in [3.05, 3.63) is 58.8 Å². The number of fused-ring (bicyclic) bond motifs is 3. The molecule has 1 unspecified atom stereocenters. The topological polar surface area (TPSA) is 119 Å². The number of carbonyl (C=O) groups excluding carboxylic acids is 1. The fraction of sp³-hybridized carbons (Fsp3) is 0.318. The van der Waals surface area contributed by atoms with E-state index in [1.54, 1.807) is 46.0 Å². The number of pyridine rings is 1. The lowest BCUT2D eigenvalue weighted by molar-refractivity contribution is -0.117. The lowest BCUT2D eigenvalue weighted by Crippen LogP contribution is -2.22. The molecule has 0 aromatic carbocycles. The van der Waals surface area contributed by atoms with E-state index in [2.05, 4.69) is 39.3 Å². The van der Waals surface area contributed by atoms with Gasteiger partial charge in [-0.3, -0.25) is 4.79 Å². The average Bonchev–Trinajstić information content (AvgIpc) is 3.50. The molecule has 10 nitrogen and oxygen atoms in total. The Hall–Kier alpha value is -3.50. The molecule has 4 heterocycles. The van der Waals surface area contributed by atoms with Crippen molar-refractivity contribution in [2.45, 2.75) is 38.2 Å². The maximum Gasteiger partial charge on any atom is 0.242 e. The average molecular weight is 468 g/mol. The summed E-state index contributed by atoms with van der Waals surface area (Å²) >= 11 is 6.09. The standard InChI is InChI=1S/C22H22ClN7O3/c1-22(2)9-13(14-10-24-17-8-15(23)28-30(17)19(14)22)20(32)26-16-7-12(11-31)18(21(27-16)33-3)29-6-4-5-25-29/h4-8,10,13,31H,9,11H2,1-3H3,(H,26,27,32). The summed E-state index contributed by atoms with van der Waals surface area (Å²) in [6.07, 6.45) is 5.63. The summed E-state index contributed by atoms with van der Waals surface area (Å²) in [6, 6.07) is 5.07. The number of aliphatic hydroxyl groups excluding tert-OH is 1. The van der Waals surface area contributed by atoms with E-state index in [0.717, 1.165) is 11.3 Å². The second-order valence-electron chi connectivity index (χ2n) is 8.56. The largest absolute Gasteiger partial charge is 0.479 e. The maximum atomic E-state index is 13.4. The summed E-state index contributed by atoms with van der Waals surface area (Å²) < 4.78 is 8.71. The quantitative estimate of drug-likeness (QED) is 0.463. The van der Waals surface area contributed by atoms with E-state index in [0.29, 0.717) is 28.5 Å². The van der Waals surface area contributed by atoms with Crippen molar-refractivity contribution < 1.29 is 14.6 Å². The zero-order valence-electron chi connectivity index (χ0n) is 18.3. The van der Waals surface area contributed by atoms with Crippen LogP contribution in [0.3, 0.4) is 0 Å². The van der Waals surface area contributed by atoms with Crippen LogP contribution in [0, 0.1) is 0 Å². The first-order chi connectivity index (χ1) is 15.8. The van der Waals surface area contributed by atoms with E-state index in [4.69, 9.17) is 16.3 Å². The summed E-state index contributed by atoms with van der Waals surface area (Å²) in [5.41, 5.74) is 3.06. The molecule has 1 aliphatic rings. The molecule has 1 atom stereocenters. The maximum absolute atomic E-state index is 13.4. The van der Waals surface area contributed by atoms with Crippen LogP contribution in [0.15, 0.2) is 36.8 Å². The number of ether oxygens (including phenoxy) is 1. The molecular weight excluding hydrogens is 446 g/mol. The minimum absolute atomic E-state index is 0.230. The van der Waals surface area contributed by atoms with Crippen molar-refractivity contribution in [2.24, 2.45) is 0 Å². The van der Waals surface area contributed by atoms with Crippen molar-refractivity contribution in [2.75, 3.05) is 12.4 Å². The Kier molecular flexibility index (Phi) is 5.06. The van der Waals surface area contributed by atoms with Crippen LogP contribution in [0.1, 0.15) is 43.0 Å². The molecule has 0 saturated heterocycles. The van der Waals surface area contributed by atoms with Crippen LogP contribution < -0.4 is 10.1 Å². The Morgan fingerprint density at radius 1 is 1.39 bits per heavy atom. The van der Waals surface area contributed by atoms with Crippen LogP contribution in [0.2, 0.25) is 5.15 Å². The van der Waals surface area contributed by atoms with Gasteiger partial charge in [0.25, 0.3) is 0 Å². The Morgan fingerprint density at radius 2 is 2.21 bits per heavy atom. The number of rotatable bonds is 5. The summed E-state index contributed by atoms with van der Waals surface area (Å²) in [6.45, 7) is 3.86. The van der Waals surface area contributed by atoms with Crippen LogP contribution in [0.4, 0.5) is 5.82 Å². The lowest BCUT2D eigenvalue weighted by Gasteiger charge is -2.19. The Bertz CT molecular complexity index is 1340. The van der Waals surface area contributed by atoms with Crippen LogP contribution in [0.25, 0.3) is 11.3 Å². The van der Waals surface area contributed by atoms with Gasteiger partial charge in [-0.1, -0.05) is 25.4 Å². The highest BCUT2D eigenvalue weighted by Gasteiger charge is 2.43. The molecule has 0 fully saturated rings. The van der Waals surface area contributed by atoms with Gasteiger partial charge < -0.3 is 15.2 Å². The van der Waals surface area contributed by atoms with Gasteiger partial charge >= 0.3 is 0 Å². The first-order valence-corrected chi connectivity index (χ1v) is 10.7. The molecule has 0 spiro atoms. The molecule has 2 N–H and O–H groups in total. The molecule has 4 aromatic heterocycles. The van der Waals surface area contributed by atoms with Crippen molar-refractivity contribution in [1.29, 1.82) is 0 Å². The molecule has 11 heteroatoms. The number of hydrogen-bond acceptors (Lipinski definition) is 7. The summed E-state index contributed by atoms with van der Waals surface area (Å²) in [5.74, 6) is -0.168. The zero-order valence-corrected chi connectivity index (χ0v) is 19.0. The molecule has 0 saturated carbocycles. The molecule has 1 aliphatic carbocycles. The van der Waals surface area contributed by atoms with Crippen LogP contribution >= 0.6 is 11.6 Å². The smallest absolute Gasteiger partial charge is 0.242 e. The fourth-order valence-corrected chi connectivity index (χ4v) is 4.73. The van der Waals surface area contributed by atoms with E-state index < -0.39 is 5.92 Å². The van der Waals surface area contributed by atoms with E-state index in [-0.39, 0.29) is 29.6 Å². The highest BCUT2D eigenvalue weighted by atomic mass is 35.5. The van der Waals surface area contributed by atoms with Gasteiger partial charge in [-0.2, -0.15) is 15.2 Å². The Labute approximate surface area is 194 Å². The number of carbonyl (C=O) groups is 1. The fourth-order valence-electron chi connectivity index (χ4n) is 4.55. The lowest BCUT2D eigenvalue weighted by atomic mass is 9.88. The number of amides is 1. The molecular formula is C22H22ClN7O3. The minimum atomic E-state index is -0.453. The third-order valence-corrected chi connectivity index (χ3v) is 6.10. The van der Waals surface area contributed by atoms with E-state index in [1.165, 1.54) is 7.11 Å². The SMILES string of the molecule is COc1nc(NC(=O)C2CC(C)(C)c3c2cnc2cc(Cl)nn32)cc(CO)c1-n1cccn1. The monoisotopic (exact) mass is 467 g/mol. The second kappa shape index (κ2) is 7.82. The van der Waals surface area contributed by atoms with Gasteiger partial charge in [0.15, 0.2) is 10.8 Å². The van der Waals surface area contributed by atoms with E-state index >= 15 is 0 Å². The number of methoxy groups -OCH3 is 1. The molecule has 5 rings (SSSR count). The summed E-state index contributed by atoms with van der Waals surface area (Å²) in [5, 5.41) is 21.7. The Balaban J connectivity index is 1.51. The molecule has 0 bridgehead atoms. The van der Waals surface area contributed by atoms with Crippen LogP contribution in [-0.4, -0.2) is 47.5 Å². The Morgan fingerprint density at radius 3 is 2.91 bits per heavy atom. The van der Waals surface area contributed by atoms with Gasteiger partial charge in [0, 0.05) is 41.2 Å². The van der Waals surface area contributed by atoms with Crippen molar-refractivity contribution >= 4 is 29.0 Å². The predicted molar refractivity (Wildman–Crippen MR) is 121 cm³/mol. The van der Waals surface area contributed by atoms with Gasteiger partial charge in [0.2, 0.25) is 11.8 Å². The third-order valence-electron chi connectivity index (χ3n) is 5.92. The van der Waals surface area contributed by atoms with E-state index in [1.807, 2.05) is 0 Å². The summed E-state index contributed by atoms with van der Waals surface area (Å²) in [7, 11) is 1.48. The van der Waals surface area contributed by atoms with Gasteiger partial charge in [0.1, 0.15) is 11.5 Å². The number of hydrogen-bond donors (Lipinski definition) is 2.